The quantitative estimate of drug-likeness (QED) is 0.882. The number of anilines is 1. The minimum Gasteiger partial charge on any atom is -0.495 e. The fourth-order valence-electron chi connectivity index (χ4n) is 3.89. The van der Waals surface area contributed by atoms with Crippen LogP contribution in [-0.4, -0.2) is 36.3 Å². The number of nitrogens with zero attached hydrogens (tertiary/aromatic N) is 1. The molecule has 136 valence electrons. The SMILES string of the molecule is COc1cc(-c2ccc(C(=O)N[C@@H]3C[C@@H]4CC[C@H]3O4)cc2)c(N)nc1C. The lowest BCUT2D eigenvalue weighted by atomic mass is 9.95. The van der Waals surface area contributed by atoms with Crippen LogP contribution in [0.5, 0.6) is 5.75 Å². The van der Waals surface area contributed by atoms with Crippen LogP contribution in [0.15, 0.2) is 30.3 Å². The van der Waals surface area contributed by atoms with Crippen molar-refractivity contribution in [2.75, 3.05) is 12.8 Å². The molecule has 2 fully saturated rings. The Kier molecular flexibility index (Phi) is 4.28. The first-order chi connectivity index (χ1) is 12.5. The van der Waals surface area contributed by atoms with Crippen LogP contribution in [0.4, 0.5) is 5.82 Å². The standard InChI is InChI=1S/C20H23N3O3/c1-11-18(25-2)10-15(19(21)22-11)12-3-5-13(6-4-12)20(24)23-16-9-14-7-8-17(16)26-14/h3-6,10,14,16-17H,7-9H2,1-2H3,(H2,21,22)(H,23,24)/t14-,16+,17+/m0/s1. The first-order valence-corrected chi connectivity index (χ1v) is 8.93. The minimum atomic E-state index is -0.0646. The first-order valence-electron chi connectivity index (χ1n) is 8.93. The number of aromatic nitrogens is 1. The number of carbonyl (C=O) groups excluding carboxylic acids is 1. The Hall–Kier alpha value is -2.60. The molecule has 6 nitrogen and oxygen atoms in total. The number of hydrogen-bond donors (Lipinski definition) is 2. The molecule has 0 spiro atoms. The van der Waals surface area contributed by atoms with E-state index in [0.717, 1.165) is 36.1 Å². The third-order valence-electron chi connectivity index (χ3n) is 5.30. The Morgan fingerprint density at radius 3 is 2.69 bits per heavy atom. The van der Waals surface area contributed by atoms with Crippen LogP contribution in [0, 0.1) is 6.92 Å². The average Bonchev–Trinajstić information content (AvgIpc) is 3.25. The first kappa shape index (κ1) is 16.8. The van der Waals surface area contributed by atoms with Gasteiger partial charge in [-0.15, -0.1) is 0 Å². The van der Waals surface area contributed by atoms with Crippen molar-refractivity contribution in [1.82, 2.24) is 10.3 Å². The van der Waals surface area contributed by atoms with Crippen molar-refractivity contribution >= 4 is 11.7 Å². The fourth-order valence-corrected chi connectivity index (χ4v) is 3.89. The van der Waals surface area contributed by atoms with Crippen LogP contribution in [0.2, 0.25) is 0 Å². The summed E-state index contributed by atoms with van der Waals surface area (Å²) in [5.41, 5.74) is 9.12. The van der Waals surface area contributed by atoms with Gasteiger partial charge < -0.3 is 20.5 Å². The van der Waals surface area contributed by atoms with Crippen LogP contribution < -0.4 is 15.8 Å². The molecule has 1 aromatic heterocycles. The van der Waals surface area contributed by atoms with Gasteiger partial charge in [0.05, 0.1) is 31.1 Å². The monoisotopic (exact) mass is 353 g/mol. The molecular weight excluding hydrogens is 330 g/mol. The van der Waals surface area contributed by atoms with Crippen LogP contribution in [-0.2, 0) is 4.74 Å². The van der Waals surface area contributed by atoms with Gasteiger partial charge in [0.15, 0.2) is 0 Å². The molecule has 0 unspecified atom stereocenters. The van der Waals surface area contributed by atoms with Crippen LogP contribution in [0.1, 0.15) is 35.3 Å². The average molecular weight is 353 g/mol. The highest BCUT2D eigenvalue weighted by atomic mass is 16.5. The zero-order valence-electron chi connectivity index (χ0n) is 15.0. The van der Waals surface area contributed by atoms with E-state index in [1.165, 1.54) is 0 Å². The van der Waals surface area contributed by atoms with Gasteiger partial charge in [0.1, 0.15) is 11.6 Å². The van der Waals surface area contributed by atoms with Gasteiger partial charge in [0.2, 0.25) is 0 Å². The molecule has 2 aromatic rings. The highest BCUT2D eigenvalue weighted by Crippen LogP contribution is 2.34. The number of nitrogens with one attached hydrogen (secondary N) is 1. The Morgan fingerprint density at radius 1 is 1.31 bits per heavy atom. The molecule has 3 atom stereocenters. The summed E-state index contributed by atoms with van der Waals surface area (Å²) >= 11 is 0. The number of aryl methyl sites for hydroxylation is 1. The molecule has 0 aliphatic carbocycles. The molecule has 2 bridgehead atoms. The lowest BCUT2D eigenvalue weighted by molar-refractivity contribution is 0.0841. The maximum atomic E-state index is 12.5. The van der Waals surface area contributed by atoms with Crippen molar-refractivity contribution in [3.63, 3.8) is 0 Å². The second-order valence-corrected chi connectivity index (χ2v) is 6.98. The summed E-state index contributed by atoms with van der Waals surface area (Å²) in [5, 5.41) is 3.10. The summed E-state index contributed by atoms with van der Waals surface area (Å²) in [5.74, 6) is 1.07. The van der Waals surface area contributed by atoms with Crippen molar-refractivity contribution in [3.8, 4) is 16.9 Å². The Morgan fingerprint density at radius 2 is 2.08 bits per heavy atom. The van der Waals surface area contributed by atoms with E-state index in [4.69, 9.17) is 15.2 Å². The Balaban J connectivity index is 1.51. The van der Waals surface area contributed by atoms with Gasteiger partial charge in [-0.3, -0.25) is 4.79 Å². The van der Waals surface area contributed by atoms with Crippen molar-refractivity contribution in [1.29, 1.82) is 0 Å². The molecule has 6 heteroatoms. The van der Waals surface area contributed by atoms with E-state index in [9.17, 15) is 4.79 Å². The molecule has 2 aliphatic rings. The number of amides is 1. The van der Waals surface area contributed by atoms with Gasteiger partial charge in [-0.2, -0.15) is 0 Å². The van der Waals surface area contributed by atoms with Crippen molar-refractivity contribution in [2.45, 2.75) is 44.4 Å². The lowest BCUT2D eigenvalue weighted by Crippen LogP contribution is -2.41. The molecule has 4 rings (SSSR count). The number of fused-ring (bicyclic) bond motifs is 2. The number of pyridine rings is 1. The third-order valence-corrected chi connectivity index (χ3v) is 5.30. The Bertz CT molecular complexity index is 835. The molecule has 0 radical (unpaired) electrons. The van der Waals surface area contributed by atoms with E-state index in [-0.39, 0.29) is 18.1 Å². The second kappa shape index (κ2) is 6.61. The zero-order chi connectivity index (χ0) is 18.3. The maximum Gasteiger partial charge on any atom is 0.251 e. The predicted molar refractivity (Wildman–Crippen MR) is 99.1 cm³/mol. The summed E-state index contributed by atoms with van der Waals surface area (Å²) in [4.78, 5) is 16.8. The van der Waals surface area contributed by atoms with Gasteiger partial charge in [-0.25, -0.2) is 4.98 Å². The van der Waals surface area contributed by atoms with Gasteiger partial charge in [-0.1, -0.05) is 12.1 Å². The summed E-state index contributed by atoms with van der Waals surface area (Å²) < 4.78 is 11.1. The second-order valence-electron chi connectivity index (χ2n) is 6.98. The van der Waals surface area contributed by atoms with E-state index in [1.54, 1.807) is 7.11 Å². The van der Waals surface area contributed by atoms with Gasteiger partial charge in [0, 0.05) is 11.1 Å². The summed E-state index contributed by atoms with van der Waals surface area (Å²) in [6.45, 7) is 1.85. The predicted octanol–water partition coefficient (Wildman–Crippen LogP) is 2.70. The molecule has 2 aliphatic heterocycles. The number of ether oxygens (including phenoxy) is 2. The number of rotatable bonds is 4. The number of methoxy groups -OCH3 is 1. The molecule has 0 saturated carbocycles. The largest absolute Gasteiger partial charge is 0.495 e. The summed E-state index contributed by atoms with van der Waals surface area (Å²) in [6.07, 6.45) is 3.56. The highest BCUT2D eigenvalue weighted by molar-refractivity contribution is 5.95. The topological polar surface area (TPSA) is 86.5 Å². The van der Waals surface area contributed by atoms with Crippen LogP contribution in [0.3, 0.4) is 0 Å². The van der Waals surface area contributed by atoms with Gasteiger partial charge in [0.25, 0.3) is 5.91 Å². The lowest BCUT2D eigenvalue weighted by Gasteiger charge is -2.20. The highest BCUT2D eigenvalue weighted by Gasteiger charge is 2.41. The maximum absolute atomic E-state index is 12.5. The van der Waals surface area contributed by atoms with E-state index < -0.39 is 0 Å². The minimum absolute atomic E-state index is 0.0646. The third kappa shape index (κ3) is 3.01. The zero-order valence-corrected chi connectivity index (χ0v) is 15.0. The van der Waals surface area contributed by atoms with Crippen molar-refractivity contribution < 1.29 is 14.3 Å². The molecule has 26 heavy (non-hydrogen) atoms. The Labute approximate surface area is 152 Å². The number of hydrogen-bond acceptors (Lipinski definition) is 5. The normalized spacial score (nSPS) is 23.8. The number of nitrogen functional groups attached to an aromatic ring is 1. The van der Waals surface area contributed by atoms with E-state index in [1.807, 2.05) is 37.3 Å². The van der Waals surface area contributed by atoms with Gasteiger partial charge in [-0.05, 0) is 49.9 Å². The number of carbonyl (C=O) groups is 1. The van der Waals surface area contributed by atoms with Crippen LogP contribution in [0.25, 0.3) is 11.1 Å². The number of benzene rings is 1. The van der Waals surface area contributed by atoms with E-state index in [2.05, 4.69) is 10.3 Å². The van der Waals surface area contributed by atoms with Gasteiger partial charge >= 0.3 is 0 Å². The van der Waals surface area contributed by atoms with Crippen LogP contribution >= 0.6 is 0 Å². The van der Waals surface area contributed by atoms with Crippen molar-refractivity contribution in [2.24, 2.45) is 0 Å². The molecular formula is C20H23N3O3. The van der Waals surface area contributed by atoms with E-state index in [0.29, 0.717) is 23.2 Å². The molecule has 3 heterocycles. The molecule has 2 saturated heterocycles. The summed E-state index contributed by atoms with van der Waals surface area (Å²) in [6, 6.07) is 9.39. The molecule has 3 N–H and O–H groups in total. The smallest absolute Gasteiger partial charge is 0.251 e. The molecule has 1 amide bonds. The fraction of sp³-hybridized carbons (Fsp3) is 0.400. The van der Waals surface area contributed by atoms with E-state index >= 15 is 0 Å². The molecule has 1 aromatic carbocycles. The van der Waals surface area contributed by atoms with Crippen molar-refractivity contribution in [3.05, 3.63) is 41.6 Å². The summed E-state index contributed by atoms with van der Waals surface area (Å²) in [7, 11) is 1.61. The number of nitrogens with two attached hydrogens (primary N) is 1.